The molecule has 1 rings (SSSR count). The first-order valence-corrected chi connectivity index (χ1v) is 5.93. The third-order valence-electron chi connectivity index (χ3n) is 2.16. The zero-order valence-electron chi connectivity index (χ0n) is 8.53. The van der Waals surface area contributed by atoms with E-state index in [1.165, 1.54) is 13.5 Å². The molecular weight excluding hydrogens is 202 g/mol. The molecule has 14 heavy (non-hydrogen) atoms. The first kappa shape index (κ1) is 11.8. The molecule has 0 radical (unpaired) electrons. The Labute approximate surface area is 88.5 Å². The van der Waals surface area contributed by atoms with E-state index in [9.17, 15) is 4.79 Å². The second kappa shape index (κ2) is 6.27. The van der Waals surface area contributed by atoms with Crippen molar-refractivity contribution in [3.8, 4) is 0 Å². The lowest BCUT2D eigenvalue weighted by Crippen LogP contribution is -2.66. The smallest absolute Gasteiger partial charge is 0.365 e. The number of carbonyl (C=O) groups excluding carboxylic acids is 1. The molecule has 1 saturated heterocycles. The molecule has 0 aromatic rings. The van der Waals surface area contributed by atoms with Crippen molar-refractivity contribution >= 4 is 17.7 Å². The Morgan fingerprint density at radius 2 is 2.50 bits per heavy atom. The highest BCUT2D eigenvalue weighted by atomic mass is 32.2. The van der Waals surface area contributed by atoms with E-state index >= 15 is 0 Å². The maximum Gasteiger partial charge on any atom is 0.365 e. The fourth-order valence-corrected chi connectivity index (χ4v) is 2.41. The van der Waals surface area contributed by atoms with E-state index in [0.717, 1.165) is 19.4 Å². The first-order chi connectivity index (χ1) is 6.74. The fourth-order valence-electron chi connectivity index (χ4n) is 1.30. The van der Waals surface area contributed by atoms with Gasteiger partial charge in [0.25, 0.3) is 0 Å². The Morgan fingerprint density at radius 3 is 3.07 bits per heavy atom. The normalized spacial score (nSPS) is 24.3. The zero-order chi connectivity index (χ0) is 10.4. The van der Waals surface area contributed by atoms with Gasteiger partial charge in [0, 0.05) is 6.61 Å². The van der Waals surface area contributed by atoms with Gasteiger partial charge >= 0.3 is 5.97 Å². The lowest BCUT2D eigenvalue weighted by atomic mass is 10.2. The Morgan fingerprint density at radius 1 is 1.71 bits per heavy atom. The van der Waals surface area contributed by atoms with Crippen LogP contribution in [0.5, 0.6) is 0 Å². The van der Waals surface area contributed by atoms with Crippen LogP contribution in [-0.2, 0) is 14.3 Å². The summed E-state index contributed by atoms with van der Waals surface area (Å²) in [4.78, 5) is 11.0. The Kier molecular flexibility index (Phi) is 5.29. The molecule has 82 valence electrons. The summed E-state index contributed by atoms with van der Waals surface area (Å²) < 4.78 is 10.1. The maximum atomic E-state index is 11.0. The van der Waals surface area contributed by atoms with E-state index in [0.29, 0.717) is 5.75 Å². The van der Waals surface area contributed by atoms with Gasteiger partial charge in [0.05, 0.1) is 12.9 Å². The van der Waals surface area contributed by atoms with Gasteiger partial charge in [-0.3, -0.25) is 0 Å². The standard InChI is InChI=1S/C9H17NO3S/c1-12-9(11)7(10)6-14-8-4-2-3-5-13-8/h7-8H,2-6,10H2,1H3/p+1/t7-,8+/m0/s1. The highest BCUT2D eigenvalue weighted by molar-refractivity contribution is 7.99. The van der Waals surface area contributed by atoms with Crippen molar-refractivity contribution in [2.24, 2.45) is 0 Å². The van der Waals surface area contributed by atoms with E-state index in [1.54, 1.807) is 11.8 Å². The molecule has 1 fully saturated rings. The van der Waals surface area contributed by atoms with Crippen molar-refractivity contribution in [3.63, 3.8) is 0 Å². The molecule has 0 aromatic carbocycles. The highest BCUT2D eigenvalue weighted by Crippen LogP contribution is 2.23. The summed E-state index contributed by atoms with van der Waals surface area (Å²) in [6.45, 7) is 0.845. The summed E-state index contributed by atoms with van der Waals surface area (Å²) in [6, 6.07) is -0.282. The number of esters is 1. The van der Waals surface area contributed by atoms with Crippen LogP contribution in [0.25, 0.3) is 0 Å². The number of quaternary nitrogens is 1. The molecule has 0 amide bonds. The minimum absolute atomic E-state index is 0.242. The minimum atomic E-state index is -0.282. The van der Waals surface area contributed by atoms with E-state index in [-0.39, 0.29) is 17.4 Å². The van der Waals surface area contributed by atoms with E-state index in [2.05, 4.69) is 10.5 Å². The second-order valence-electron chi connectivity index (χ2n) is 3.35. The average molecular weight is 220 g/mol. The second-order valence-corrected chi connectivity index (χ2v) is 4.54. The first-order valence-electron chi connectivity index (χ1n) is 4.88. The molecule has 1 aliphatic heterocycles. The van der Waals surface area contributed by atoms with Crippen molar-refractivity contribution in [2.45, 2.75) is 30.7 Å². The molecule has 1 heterocycles. The molecule has 0 aromatic heterocycles. The number of ether oxygens (including phenoxy) is 2. The van der Waals surface area contributed by atoms with Crippen LogP contribution in [0.3, 0.4) is 0 Å². The van der Waals surface area contributed by atoms with Crippen LogP contribution in [0.4, 0.5) is 0 Å². The number of hydrogen-bond acceptors (Lipinski definition) is 4. The van der Waals surface area contributed by atoms with Gasteiger partial charge in [-0.2, -0.15) is 0 Å². The summed E-state index contributed by atoms with van der Waals surface area (Å²) in [5.74, 6) is 0.436. The fraction of sp³-hybridized carbons (Fsp3) is 0.889. The van der Waals surface area contributed by atoms with E-state index in [4.69, 9.17) is 4.74 Å². The lowest BCUT2D eigenvalue weighted by molar-refractivity contribution is -0.400. The van der Waals surface area contributed by atoms with Crippen molar-refractivity contribution in [2.75, 3.05) is 19.5 Å². The molecule has 0 bridgehead atoms. The predicted molar refractivity (Wildman–Crippen MR) is 54.7 cm³/mol. The van der Waals surface area contributed by atoms with Crippen LogP contribution in [-0.4, -0.2) is 36.9 Å². The van der Waals surface area contributed by atoms with Crippen molar-refractivity contribution < 1.29 is 20.0 Å². The van der Waals surface area contributed by atoms with Crippen LogP contribution in [0.1, 0.15) is 19.3 Å². The zero-order valence-corrected chi connectivity index (χ0v) is 9.35. The van der Waals surface area contributed by atoms with Crippen molar-refractivity contribution in [1.29, 1.82) is 0 Å². The van der Waals surface area contributed by atoms with E-state index < -0.39 is 0 Å². The third kappa shape index (κ3) is 3.86. The average Bonchev–Trinajstić information content (AvgIpc) is 2.26. The van der Waals surface area contributed by atoms with Crippen molar-refractivity contribution in [1.82, 2.24) is 0 Å². The summed E-state index contributed by atoms with van der Waals surface area (Å²) in [7, 11) is 1.39. The Balaban J connectivity index is 2.15. The summed E-state index contributed by atoms with van der Waals surface area (Å²) >= 11 is 1.66. The molecule has 2 atom stereocenters. The number of rotatable bonds is 4. The number of hydrogen-bond donors (Lipinski definition) is 1. The summed E-state index contributed by atoms with van der Waals surface area (Å²) in [6.07, 6.45) is 3.46. The molecule has 4 nitrogen and oxygen atoms in total. The van der Waals surface area contributed by atoms with Gasteiger partial charge < -0.3 is 15.2 Å². The van der Waals surface area contributed by atoms with Crippen LogP contribution in [0.2, 0.25) is 0 Å². The largest absolute Gasteiger partial charge is 0.465 e. The highest BCUT2D eigenvalue weighted by Gasteiger charge is 2.21. The Bertz CT molecular complexity index is 183. The van der Waals surface area contributed by atoms with Crippen LogP contribution >= 0.6 is 11.8 Å². The monoisotopic (exact) mass is 220 g/mol. The molecule has 0 unspecified atom stereocenters. The van der Waals surface area contributed by atoms with E-state index in [1.807, 2.05) is 0 Å². The molecular formula is C9H18NO3S+. The number of thioether (sulfide) groups is 1. The molecule has 5 heteroatoms. The van der Waals surface area contributed by atoms with Gasteiger partial charge in [-0.1, -0.05) is 0 Å². The van der Waals surface area contributed by atoms with Crippen LogP contribution in [0, 0.1) is 0 Å². The maximum absolute atomic E-state index is 11.0. The number of carbonyl (C=O) groups is 1. The third-order valence-corrected chi connectivity index (χ3v) is 3.49. The molecule has 3 N–H and O–H groups in total. The summed E-state index contributed by atoms with van der Waals surface area (Å²) in [5.41, 5.74) is 3.99. The topological polar surface area (TPSA) is 63.2 Å². The van der Waals surface area contributed by atoms with Gasteiger partial charge in [-0.15, -0.1) is 11.8 Å². The van der Waals surface area contributed by atoms with Gasteiger partial charge in [-0.05, 0) is 19.3 Å². The SMILES string of the molecule is COC(=O)[C@@H]([NH3+])CS[C@@H]1CCCCO1. The van der Waals surface area contributed by atoms with Gasteiger partial charge in [-0.25, -0.2) is 4.79 Å². The lowest BCUT2D eigenvalue weighted by Gasteiger charge is -2.22. The van der Waals surface area contributed by atoms with Gasteiger partial charge in [0.15, 0.2) is 6.04 Å². The molecule has 1 aliphatic rings. The minimum Gasteiger partial charge on any atom is -0.465 e. The quantitative estimate of drug-likeness (QED) is 0.679. The van der Waals surface area contributed by atoms with Crippen LogP contribution in [0.15, 0.2) is 0 Å². The van der Waals surface area contributed by atoms with Gasteiger partial charge in [0.1, 0.15) is 5.44 Å². The number of methoxy groups -OCH3 is 1. The van der Waals surface area contributed by atoms with Gasteiger partial charge in [0.2, 0.25) is 0 Å². The molecule has 0 spiro atoms. The van der Waals surface area contributed by atoms with Crippen LogP contribution < -0.4 is 5.73 Å². The summed E-state index contributed by atoms with van der Waals surface area (Å²) in [5, 5.41) is 0. The predicted octanol–water partition coefficient (Wildman–Crippen LogP) is 0.0297. The van der Waals surface area contributed by atoms with Crippen molar-refractivity contribution in [3.05, 3.63) is 0 Å². The molecule has 0 aliphatic carbocycles. The molecule has 0 saturated carbocycles. The Hall–Kier alpha value is -0.260.